The van der Waals surface area contributed by atoms with Gasteiger partial charge in [0.25, 0.3) is 0 Å². The van der Waals surface area contributed by atoms with E-state index < -0.39 is 5.97 Å². The fourth-order valence-corrected chi connectivity index (χ4v) is 2.08. The highest BCUT2D eigenvalue weighted by molar-refractivity contribution is 14.1. The van der Waals surface area contributed by atoms with E-state index in [0.717, 1.165) is 9.32 Å². The predicted octanol–water partition coefficient (Wildman–Crippen LogP) is 3.81. The highest BCUT2D eigenvalue weighted by Crippen LogP contribution is 2.27. The van der Waals surface area contributed by atoms with Gasteiger partial charge in [-0.25, -0.2) is 4.79 Å². The van der Waals surface area contributed by atoms with Gasteiger partial charge in [-0.05, 0) is 53.8 Å². The third kappa shape index (κ3) is 3.28. The maximum atomic E-state index is 11.3. The number of benzene rings is 1. The molecule has 2 rings (SSSR count). The number of hydrogen-bond donors (Lipinski definition) is 0. The summed E-state index contributed by atoms with van der Waals surface area (Å²) in [4.78, 5) is 11.3. The highest BCUT2D eigenvalue weighted by Gasteiger charge is 2.17. The van der Waals surface area contributed by atoms with Crippen LogP contribution in [0.4, 0.5) is 0 Å². The molecule has 0 aliphatic rings. The van der Waals surface area contributed by atoms with E-state index in [4.69, 9.17) is 9.15 Å². The van der Waals surface area contributed by atoms with E-state index >= 15 is 0 Å². The highest BCUT2D eigenvalue weighted by atomic mass is 127. The molecule has 0 bridgehead atoms. The second kappa shape index (κ2) is 6.10. The van der Waals surface area contributed by atoms with E-state index in [0.29, 0.717) is 5.76 Å². The van der Waals surface area contributed by atoms with E-state index in [1.165, 1.54) is 7.11 Å². The number of carbonyl (C=O) groups excluding carboxylic acids is 1. The molecule has 1 aromatic heterocycles. The molecule has 100 valence electrons. The average molecular weight is 372 g/mol. The number of rotatable bonds is 4. The molecule has 1 atom stereocenters. The number of methoxy groups -OCH3 is 1. The molecule has 19 heavy (non-hydrogen) atoms. The maximum Gasteiger partial charge on any atom is 0.373 e. The minimum atomic E-state index is -0.493. The average Bonchev–Trinajstić information content (AvgIpc) is 2.90. The molecule has 0 spiro atoms. The van der Waals surface area contributed by atoms with Crippen molar-refractivity contribution in [2.45, 2.75) is 13.0 Å². The van der Waals surface area contributed by atoms with Crippen molar-refractivity contribution in [3.63, 3.8) is 0 Å². The van der Waals surface area contributed by atoms with Crippen LogP contribution in [0.2, 0.25) is 0 Å². The van der Waals surface area contributed by atoms with Gasteiger partial charge in [-0.2, -0.15) is 0 Å². The fourth-order valence-electron chi connectivity index (χ4n) is 1.57. The predicted molar refractivity (Wildman–Crippen MR) is 78.2 cm³/mol. The lowest BCUT2D eigenvalue weighted by Crippen LogP contribution is -2.03. The molecule has 0 aliphatic carbocycles. The molecular formula is C14H13IO4. The summed E-state index contributed by atoms with van der Waals surface area (Å²) in [6, 6.07) is 11.0. The van der Waals surface area contributed by atoms with Gasteiger partial charge < -0.3 is 13.9 Å². The van der Waals surface area contributed by atoms with Gasteiger partial charge in [0, 0.05) is 0 Å². The molecule has 2 aromatic rings. The van der Waals surface area contributed by atoms with Crippen LogP contribution < -0.4 is 4.74 Å². The van der Waals surface area contributed by atoms with Crippen LogP contribution in [0.15, 0.2) is 40.8 Å². The zero-order valence-corrected chi connectivity index (χ0v) is 12.7. The molecule has 0 saturated carbocycles. The van der Waals surface area contributed by atoms with E-state index in [9.17, 15) is 4.79 Å². The van der Waals surface area contributed by atoms with E-state index in [2.05, 4.69) is 27.3 Å². The summed E-state index contributed by atoms with van der Waals surface area (Å²) in [6.45, 7) is 1.86. The van der Waals surface area contributed by atoms with Crippen LogP contribution >= 0.6 is 22.6 Å². The Morgan fingerprint density at radius 3 is 2.68 bits per heavy atom. The van der Waals surface area contributed by atoms with Crippen molar-refractivity contribution in [3.05, 3.63) is 51.5 Å². The smallest absolute Gasteiger partial charge is 0.373 e. The van der Waals surface area contributed by atoms with Crippen molar-refractivity contribution in [2.24, 2.45) is 0 Å². The molecule has 1 heterocycles. The van der Waals surface area contributed by atoms with Crippen molar-refractivity contribution in [3.8, 4) is 5.75 Å². The largest absolute Gasteiger partial charge is 0.482 e. The van der Waals surface area contributed by atoms with Gasteiger partial charge in [0.05, 0.1) is 10.7 Å². The van der Waals surface area contributed by atoms with Crippen LogP contribution in [-0.2, 0) is 4.74 Å². The molecule has 0 N–H and O–H groups in total. The molecule has 1 unspecified atom stereocenters. The Labute approximate surface area is 124 Å². The molecular weight excluding hydrogens is 359 g/mol. The Morgan fingerprint density at radius 2 is 2.00 bits per heavy atom. The first-order chi connectivity index (χ1) is 9.11. The van der Waals surface area contributed by atoms with Crippen LogP contribution in [0.25, 0.3) is 0 Å². The molecule has 1 aromatic carbocycles. The number of carbonyl (C=O) groups is 1. The number of furan rings is 1. The normalized spacial score (nSPS) is 11.9. The first kappa shape index (κ1) is 13.9. The first-order valence-corrected chi connectivity index (χ1v) is 6.79. The number of hydrogen-bond acceptors (Lipinski definition) is 4. The third-order valence-electron chi connectivity index (χ3n) is 2.55. The standard InChI is InChI=1S/C14H13IO4/c1-9(18-12-6-4-3-5-10(12)15)11-7-8-13(19-11)14(16)17-2/h3-9H,1-2H3. The van der Waals surface area contributed by atoms with Crippen LogP contribution in [-0.4, -0.2) is 13.1 Å². The van der Waals surface area contributed by atoms with Crippen molar-refractivity contribution >= 4 is 28.6 Å². The lowest BCUT2D eigenvalue weighted by atomic mass is 10.3. The van der Waals surface area contributed by atoms with Gasteiger partial charge in [0.1, 0.15) is 11.5 Å². The molecule has 0 saturated heterocycles. The second-order valence-electron chi connectivity index (χ2n) is 3.88. The van der Waals surface area contributed by atoms with Crippen molar-refractivity contribution in [1.29, 1.82) is 0 Å². The lowest BCUT2D eigenvalue weighted by Gasteiger charge is -2.13. The zero-order valence-electron chi connectivity index (χ0n) is 10.6. The SMILES string of the molecule is COC(=O)c1ccc(C(C)Oc2ccccc2I)o1. The van der Waals surface area contributed by atoms with Gasteiger partial charge in [0.2, 0.25) is 5.76 Å². The lowest BCUT2D eigenvalue weighted by molar-refractivity contribution is 0.0558. The number of para-hydroxylation sites is 1. The summed E-state index contributed by atoms with van der Waals surface area (Å²) in [5, 5.41) is 0. The van der Waals surface area contributed by atoms with Gasteiger partial charge in [-0.3, -0.25) is 0 Å². The van der Waals surface area contributed by atoms with E-state index in [-0.39, 0.29) is 11.9 Å². The number of esters is 1. The topological polar surface area (TPSA) is 48.7 Å². The third-order valence-corrected chi connectivity index (χ3v) is 3.45. The van der Waals surface area contributed by atoms with Gasteiger partial charge >= 0.3 is 5.97 Å². The van der Waals surface area contributed by atoms with Crippen molar-refractivity contribution in [2.75, 3.05) is 7.11 Å². The second-order valence-corrected chi connectivity index (χ2v) is 5.05. The van der Waals surface area contributed by atoms with Crippen LogP contribution in [0.3, 0.4) is 0 Å². The van der Waals surface area contributed by atoms with Crippen molar-refractivity contribution < 1.29 is 18.7 Å². The summed E-state index contributed by atoms with van der Waals surface area (Å²) < 4.78 is 16.8. The number of halogens is 1. The monoisotopic (exact) mass is 372 g/mol. The molecule has 0 aliphatic heterocycles. The van der Waals surface area contributed by atoms with E-state index in [1.807, 2.05) is 31.2 Å². The molecule has 0 radical (unpaired) electrons. The summed E-state index contributed by atoms with van der Waals surface area (Å²) in [5.74, 6) is 1.05. The Morgan fingerprint density at radius 1 is 1.26 bits per heavy atom. The summed E-state index contributed by atoms with van der Waals surface area (Å²) in [5.41, 5.74) is 0. The Kier molecular flexibility index (Phi) is 4.47. The molecule has 0 amide bonds. The van der Waals surface area contributed by atoms with Gasteiger partial charge in [-0.15, -0.1) is 0 Å². The molecule has 0 fully saturated rings. The van der Waals surface area contributed by atoms with Crippen LogP contribution in [0.5, 0.6) is 5.75 Å². The summed E-state index contributed by atoms with van der Waals surface area (Å²) >= 11 is 2.21. The quantitative estimate of drug-likeness (QED) is 0.605. The van der Waals surface area contributed by atoms with Gasteiger partial charge in [-0.1, -0.05) is 12.1 Å². The number of ether oxygens (including phenoxy) is 2. The minimum absolute atomic E-state index is 0.177. The Balaban J connectivity index is 2.12. The summed E-state index contributed by atoms with van der Waals surface area (Å²) in [6.07, 6.45) is -0.283. The van der Waals surface area contributed by atoms with E-state index in [1.54, 1.807) is 12.1 Å². The molecule has 5 heteroatoms. The van der Waals surface area contributed by atoms with Crippen molar-refractivity contribution in [1.82, 2.24) is 0 Å². The maximum absolute atomic E-state index is 11.3. The minimum Gasteiger partial charge on any atom is -0.482 e. The Hall–Kier alpha value is -1.50. The fraction of sp³-hybridized carbons (Fsp3) is 0.214. The Bertz CT molecular complexity index is 576. The van der Waals surface area contributed by atoms with Crippen LogP contribution in [0, 0.1) is 3.57 Å². The zero-order chi connectivity index (χ0) is 13.8. The summed E-state index contributed by atoms with van der Waals surface area (Å²) in [7, 11) is 1.32. The van der Waals surface area contributed by atoms with Crippen LogP contribution in [0.1, 0.15) is 29.3 Å². The van der Waals surface area contributed by atoms with Gasteiger partial charge in [0.15, 0.2) is 6.10 Å². The molecule has 4 nitrogen and oxygen atoms in total. The first-order valence-electron chi connectivity index (χ1n) is 5.71.